The second-order valence-corrected chi connectivity index (χ2v) is 4.71. The Morgan fingerprint density at radius 1 is 1.38 bits per heavy atom. The van der Waals surface area contributed by atoms with E-state index in [0.29, 0.717) is 25.2 Å². The molecule has 1 aliphatic heterocycles. The molecule has 21 heavy (non-hydrogen) atoms. The van der Waals surface area contributed by atoms with Crippen LogP contribution in [0.2, 0.25) is 0 Å². The monoisotopic (exact) mass is 294 g/mol. The fraction of sp³-hybridized carbons (Fsp3) is 0.429. The molecule has 0 aromatic heterocycles. The van der Waals surface area contributed by atoms with Crippen LogP contribution in [0.15, 0.2) is 24.3 Å². The molecule has 2 rings (SSSR count). The largest absolute Gasteiger partial charge is 0.394 e. The highest BCUT2D eigenvalue weighted by Gasteiger charge is 2.20. The van der Waals surface area contributed by atoms with E-state index in [1.54, 1.807) is 29.2 Å². The molecule has 1 aromatic rings. The Kier molecular flexibility index (Phi) is 5.26. The Morgan fingerprint density at radius 2 is 2.10 bits per heavy atom. The maximum absolute atomic E-state index is 11.7. The molecule has 0 radical (unpaired) electrons. The van der Waals surface area contributed by atoms with Gasteiger partial charge in [-0.2, -0.15) is 0 Å². The minimum Gasteiger partial charge on any atom is -0.394 e. The molecule has 1 atom stereocenters. The zero-order chi connectivity index (χ0) is 15.2. The van der Waals surface area contributed by atoms with Crippen LogP contribution >= 0.6 is 0 Å². The van der Waals surface area contributed by atoms with Crippen molar-refractivity contribution >= 4 is 23.7 Å². The summed E-state index contributed by atoms with van der Waals surface area (Å²) in [6.45, 7) is 0.668. The summed E-state index contributed by atoms with van der Waals surface area (Å²) in [5, 5.41) is 18.2. The summed E-state index contributed by atoms with van der Waals surface area (Å²) in [5.74, 6) is -0.100. The number of aliphatic hydroxyl groups excluding tert-OH is 2. The highest BCUT2D eigenvalue weighted by molar-refractivity contribution is 5.95. The van der Waals surface area contributed by atoms with Gasteiger partial charge in [0.2, 0.25) is 6.41 Å². The lowest BCUT2D eigenvalue weighted by atomic mass is 10.2. The number of ether oxygens (including phenoxy) is 1. The fourth-order valence-corrected chi connectivity index (χ4v) is 2.11. The lowest BCUT2D eigenvalue weighted by Crippen LogP contribution is -2.41. The first kappa shape index (κ1) is 15.4. The van der Waals surface area contributed by atoms with Crippen LogP contribution in [-0.4, -0.2) is 61.5 Å². The minimum atomic E-state index is -0.990. The SMILES string of the molecule is O=CN(CC(O)CO)c1ccc(N2CCOCC2=O)cc1. The summed E-state index contributed by atoms with van der Waals surface area (Å²) in [4.78, 5) is 25.7. The molecule has 1 saturated heterocycles. The molecule has 2 N–H and O–H groups in total. The van der Waals surface area contributed by atoms with E-state index in [-0.39, 0.29) is 19.1 Å². The Hall–Kier alpha value is -1.96. The number of nitrogens with zero attached hydrogens (tertiary/aromatic N) is 2. The second-order valence-electron chi connectivity index (χ2n) is 4.71. The van der Waals surface area contributed by atoms with E-state index in [2.05, 4.69) is 0 Å². The van der Waals surface area contributed by atoms with E-state index >= 15 is 0 Å². The number of aliphatic hydroxyl groups is 2. The lowest BCUT2D eigenvalue weighted by Gasteiger charge is -2.27. The van der Waals surface area contributed by atoms with Crippen molar-refractivity contribution in [2.45, 2.75) is 6.10 Å². The zero-order valence-electron chi connectivity index (χ0n) is 11.5. The van der Waals surface area contributed by atoms with Crippen molar-refractivity contribution in [2.24, 2.45) is 0 Å². The number of amides is 2. The molecule has 1 heterocycles. The Morgan fingerprint density at radius 3 is 2.67 bits per heavy atom. The third-order valence-electron chi connectivity index (χ3n) is 3.22. The summed E-state index contributed by atoms with van der Waals surface area (Å²) in [5.41, 5.74) is 1.32. The van der Waals surface area contributed by atoms with E-state index in [9.17, 15) is 14.7 Å². The standard InChI is InChI=1S/C14H18N2O5/c17-8-13(19)7-15(10-18)11-1-3-12(4-2-11)16-5-6-21-9-14(16)20/h1-4,10,13,17,19H,5-9H2. The summed E-state index contributed by atoms with van der Waals surface area (Å²) < 4.78 is 5.07. The van der Waals surface area contributed by atoms with E-state index in [4.69, 9.17) is 9.84 Å². The first-order valence-corrected chi connectivity index (χ1v) is 6.64. The normalized spacial score (nSPS) is 16.7. The van der Waals surface area contributed by atoms with Crippen molar-refractivity contribution in [3.05, 3.63) is 24.3 Å². The fourth-order valence-electron chi connectivity index (χ4n) is 2.11. The number of anilines is 2. The quantitative estimate of drug-likeness (QED) is 0.682. The third-order valence-corrected chi connectivity index (χ3v) is 3.22. The van der Waals surface area contributed by atoms with Gasteiger partial charge in [0.25, 0.3) is 5.91 Å². The van der Waals surface area contributed by atoms with Crippen LogP contribution in [0.1, 0.15) is 0 Å². The number of morpholine rings is 1. The van der Waals surface area contributed by atoms with Crippen molar-refractivity contribution in [1.29, 1.82) is 0 Å². The van der Waals surface area contributed by atoms with Gasteiger partial charge in [0, 0.05) is 17.9 Å². The van der Waals surface area contributed by atoms with Gasteiger partial charge in [-0.3, -0.25) is 9.59 Å². The van der Waals surface area contributed by atoms with Gasteiger partial charge >= 0.3 is 0 Å². The van der Waals surface area contributed by atoms with Gasteiger partial charge in [-0.1, -0.05) is 0 Å². The van der Waals surface area contributed by atoms with Gasteiger partial charge in [-0.15, -0.1) is 0 Å². The van der Waals surface area contributed by atoms with E-state index in [1.165, 1.54) is 4.90 Å². The van der Waals surface area contributed by atoms with Crippen molar-refractivity contribution in [1.82, 2.24) is 0 Å². The highest BCUT2D eigenvalue weighted by atomic mass is 16.5. The van der Waals surface area contributed by atoms with E-state index in [1.807, 2.05) is 0 Å². The van der Waals surface area contributed by atoms with Gasteiger partial charge in [0.1, 0.15) is 6.61 Å². The molecule has 2 amide bonds. The molecule has 7 nitrogen and oxygen atoms in total. The summed E-state index contributed by atoms with van der Waals surface area (Å²) >= 11 is 0. The van der Waals surface area contributed by atoms with Gasteiger partial charge in [-0.05, 0) is 24.3 Å². The Bertz CT molecular complexity index is 491. The molecule has 1 fully saturated rings. The molecule has 0 saturated carbocycles. The third kappa shape index (κ3) is 3.78. The van der Waals surface area contributed by atoms with Crippen LogP contribution in [0.3, 0.4) is 0 Å². The Balaban J connectivity index is 2.10. The van der Waals surface area contributed by atoms with E-state index < -0.39 is 12.7 Å². The van der Waals surface area contributed by atoms with Gasteiger partial charge < -0.3 is 24.7 Å². The van der Waals surface area contributed by atoms with Crippen LogP contribution in [0.5, 0.6) is 0 Å². The smallest absolute Gasteiger partial charge is 0.253 e. The highest BCUT2D eigenvalue weighted by Crippen LogP contribution is 2.21. The predicted molar refractivity (Wildman–Crippen MR) is 76.1 cm³/mol. The van der Waals surface area contributed by atoms with Crippen molar-refractivity contribution in [3.8, 4) is 0 Å². The molecular formula is C14H18N2O5. The van der Waals surface area contributed by atoms with Gasteiger partial charge in [-0.25, -0.2) is 0 Å². The van der Waals surface area contributed by atoms with Crippen LogP contribution in [0.4, 0.5) is 11.4 Å². The second kappa shape index (κ2) is 7.16. The van der Waals surface area contributed by atoms with E-state index in [0.717, 1.165) is 5.69 Å². The summed E-state index contributed by atoms with van der Waals surface area (Å²) in [6.07, 6.45) is -0.399. The molecule has 1 aliphatic rings. The molecule has 0 spiro atoms. The van der Waals surface area contributed by atoms with Gasteiger partial charge in [0.05, 0.1) is 25.9 Å². The minimum absolute atomic E-state index is 0.00975. The molecule has 1 aromatic carbocycles. The summed E-state index contributed by atoms with van der Waals surface area (Å²) in [6, 6.07) is 6.86. The summed E-state index contributed by atoms with van der Waals surface area (Å²) in [7, 11) is 0. The van der Waals surface area contributed by atoms with Gasteiger partial charge in [0.15, 0.2) is 0 Å². The molecule has 0 bridgehead atoms. The maximum atomic E-state index is 11.7. The van der Waals surface area contributed by atoms with Crippen LogP contribution in [0, 0.1) is 0 Å². The molecular weight excluding hydrogens is 276 g/mol. The number of rotatable bonds is 6. The number of carbonyl (C=O) groups excluding carboxylic acids is 2. The Labute approximate surface area is 122 Å². The number of benzene rings is 1. The zero-order valence-corrected chi connectivity index (χ0v) is 11.5. The lowest BCUT2D eigenvalue weighted by molar-refractivity contribution is -0.125. The number of hydrogen-bond acceptors (Lipinski definition) is 5. The van der Waals surface area contributed by atoms with Crippen molar-refractivity contribution in [3.63, 3.8) is 0 Å². The number of hydrogen-bond donors (Lipinski definition) is 2. The predicted octanol–water partition coefficient (Wildman–Crippen LogP) is -0.634. The molecule has 7 heteroatoms. The first-order chi connectivity index (χ1) is 10.2. The molecule has 1 unspecified atom stereocenters. The first-order valence-electron chi connectivity index (χ1n) is 6.64. The average Bonchev–Trinajstić information content (AvgIpc) is 2.53. The van der Waals surface area contributed by atoms with Crippen LogP contribution in [-0.2, 0) is 14.3 Å². The van der Waals surface area contributed by atoms with Crippen LogP contribution < -0.4 is 9.80 Å². The average molecular weight is 294 g/mol. The maximum Gasteiger partial charge on any atom is 0.253 e. The molecule has 0 aliphatic carbocycles. The topological polar surface area (TPSA) is 90.3 Å². The van der Waals surface area contributed by atoms with Crippen molar-refractivity contribution in [2.75, 3.05) is 42.7 Å². The van der Waals surface area contributed by atoms with Crippen LogP contribution in [0.25, 0.3) is 0 Å². The molecule has 114 valence electrons. The van der Waals surface area contributed by atoms with Crippen molar-refractivity contribution < 1.29 is 24.5 Å². The number of carbonyl (C=O) groups is 2.